The van der Waals surface area contributed by atoms with Gasteiger partial charge in [-0.05, 0) is 98.9 Å². The second-order valence-electron chi connectivity index (χ2n) is 9.89. The first-order valence-electron chi connectivity index (χ1n) is 11.3. The number of hydrogen-bond donors (Lipinski definition) is 2. The van der Waals surface area contributed by atoms with Crippen LogP contribution in [0.3, 0.4) is 0 Å². The summed E-state index contributed by atoms with van der Waals surface area (Å²) in [6.45, 7) is 1.53. The fourth-order valence-electron chi connectivity index (χ4n) is 6.81. The highest BCUT2D eigenvalue weighted by Crippen LogP contribution is 2.62. The number of carbonyl (C=O) groups excluding carboxylic acids is 1. The van der Waals surface area contributed by atoms with Gasteiger partial charge in [-0.15, -0.1) is 0 Å². The van der Waals surface area contributed by atoms with Crippen molar-refractivity contribution in [2.75, 3.05) is 7.11 Å². The highest BCUT2D eigenvalue weighted by Gasteiger charge is 2.52. The van der Waals surface area contributed by atoms with E-state index in [4.69, 9.17) is 14.6 Å². The number of carboxylic acid groups (broad SMARTS) is 1. The van der Waals surface area contributed by atoms with Crippen LogP contribution in [0, 0.1) is 24.7 Å². The lowest BCUT2D eigenvalue weighted by Crippen LogP contribution is -2.48. The standard InChI is InChI=1S/C26H28O6/c1-14-21(6-4-19(23(14)27)24(28)29)32-25(30)18-3-5-22(31-2)20(10-18)26-11-15-7-16(12-26)9-17(8-15)13-26/h3-6,10,15-17,27H,7-9,11-13H2,1-2H3,(H,28,29). The maximum absolute atomic E-state index is 13.0. The highest BCUT2D eigenvalue weighted by molar-refractivity contribution is 5.94. The van der Waals surface area contributed by atoms with E-state index < -0.39 is 17.7 Å². The van der Waals surface area contributed by atoms with Crippen LogP contribution >= 0.6 is 0 Å². The summed E-state index contributed by atoms with van der Waals surface area (Å²) in [7, 11) is 1.67. The Morgan fingerprint density at radius 2 is 1.56 bits per heavy atom. The first-order valence-corrected chi connectivity index (χ1v) is 11.3. The minimum absolute atomic E-state index is 0.0632. The van der Waals surface area contributed by atoms with Crippen molar-refractivity contribution in [1.29, 1.82) is 0 Å². The molecule has 4 saturated carbocycles. The molecular weight excluding hydrogens is 408 g/mol. The van der Waals surface area contributed by atoms with Gasteiger partial charge in [0.15, 0.2) is 0 Å². The fourth-order valence-corrected chi connectivity index (χ4v) is 6.81. The molecule has 4 bridgehead atoms. The fraction of sp³-hybridized carbons (Fsp3) is 0.462. The molecular formula is C26H28O6. The van der Waals surface area contributed by atoms with Crippen LogP contribution in [-0.4, -0.2) is 29.3 Å². The third kappa shape index (κ3) is 3.33. The summed E-state index contributed by atoms with van der Waals surface area (Å²) >= 11 is 0. The number of aromatic hydroxyl groups is 1. The van der Waals surface area contributed by atoms with Gasteiger partial charge in [-0.1, -0.05) is 0 Å². The molecule has 0 aromatic heterocycles. The molecule has 0 spiro atoms. The third-order valence-corrected chi connectivity index (χ3v) is 7.86. The lowest BCUT2D eigenvalue weighted by Gasteiger charge is -2.57. The summed E-state index contributed by atoms with van der Waals surface area (Å²) in [5, 5.41) is 19.3. The van der Waals surface area contributed by atoms with Crippen LogP contribution in [0.4, 0.5) is 0 Å². The molecule has 0 aliphatic heterocycles. The zero-order valence-corrected chi connectivity index (χ0v) is 18.4. The zero-order valence-electron chi connectivity index (χ0n) is 18.4. The molecule has 4 aliphatic carbocycles. The molecule has 0 heterocycles. The van der Waals surface area contributed by atoms with Crippen molar-refractivity contribution in [2.45, 2.75) is 50.9 Å². The van der Waals surface area contributed by atoms with Crippen molar-refractivity contribution < 1.29 is 29.3 Å². The number of aromatic carboxylic acids is 1. The molecule has 2 N–H and O–H groups in total. The van der Waals surface area contributed by atoms with Gasteiger partial charge >= 0.3 is 11.9 Å². The van der Waals surface area contributed by atoms with E-state index in [1.54, 1.807) is 13.2 Å². The molecule has 4 fully saturated rings. The highest BCUT2D eigenvalue weighted by atomic mass is 16.5. The van der Waals surface area contributed by atoms with E-state index in [-0.39, 0.29) is 22.3 Å². The Hall–Kier alpha value is -3.02. The molecule has 2 aromatic carbocycles. The second-order valence-corrected chi connectivity index (χ2v) is 9.89. The van der Waals surface area contributed by atoms with Gasteiger partial charge in [0.2, 0.25) is 0 Å². The summed E-state index contributed by atoms with van der Waals surface area (Å²) in [5.41, 5.74) is 1.59. The first-order chi connectivity index (χ1) is 15.3. The molecule has 0 unspecified atom stereocenters. The van der Waals surface area contributed by atoms with Gasteiger partial charge in [0.25, 0.3) is 0 Å². The van der Waals surface area contributed by atoms with Gasteiger partial charge in [-0.3, -0.25) is 0 Å². The van der Waals surface area contributed by atoms with E-state index in [9.17, 15) is 14.7 Å². The van der Waals surface area contributed by atoms with Crippen molar-refractivity contribution in [3.05, 3.63) is 52.6 Å². The smallest absolute Gasteiger partial charge is 0.343 e. The lowest BCUT2D eigenvalue weighted by atomic mass is 9.48. The van der Waals surface area contributed by atoms with Crippen LogP contribution in [0.2, 0.25) is 0 Å². The summed E-state index contributed by atoms with van der Waals surface area (Å²) < 4.78 is 11.3. The molecule has 6 rings (SSSR count). The van der Waals surface area contributed by atoms with Gasteiger partial charge in [-0.2, -0.15) is 0 Å². The number of methoxy groups -OCH3 is 1. The molecule has 0 amide bonds. The summed E-state index contributed by atoms with van der Waals surface area (Å²) in [5.74, 6) is 1.09. The van der Waals surface area contributed by atoms with Crippen molar-refractivity contribution in [3.63, 3.8) is 0 Å². The van der Waals surface area contributed by atoms with Gasteiger partial charge < -0.3 is 19.7 Å². The average Bonchev–Trinajstić information content (AvgIpc) is 2.75. The summed E-state index contributed by atoms with van der Waals surface area (Å²) in [4.78, 5) is 24.2. The largest absolute Gasteiger partial charge is 0.507 e. The number of phenols is 1. The molecule has 4 aliphatic rings. The van der Waals surface area contributed by atoms with Gasteiger partial charge in [0, 0.05) is 11.1 Å². The Labute approximate surface area is 187 Å². The molecule has 6 nitrogen and oxygen atoms in total. The van der Waals surface area contributed by atoms with E-state index in [2.05, 4.69) is 0 Å². The van der Waals surface area contributed by atoms with E-state index in [0.29, 0.717) is 5.56 Å². The molecule has 2 aromatic rings. The maximum atomic E-state index is 13.0. The third-order valence-electron chi connectivity index (χ3n) is 7.86. The van der Waals surface area contributed by atoms with Crippen LogP contribution < -0.4 is 9.47 Å². The molecule has 0 radical (unpaired) electrons. The Morgan fingerprint density at radius 3 is 2.12 bits per heavy atom. The molecule has 0 saturated heterocycles. The Bertz CT molecular complexity index is 1070. The Kier molecular flexibility index (Phi) is 4.91. The van der Waals surface area contributed by atoms with Crippen LogP contribution in [0.15, 0.2) is 30.3 Å². The molecule has 32 heavy (non-hydrogen) atoms. The molecule has 6 heteroatoms. The van der Waals surface area contributed by atoms with Crippen LogP contribution in [0.25, 0.3) is 0 Å². The van der Waals surface area contributed by atoms with Crippen LogP contribution in [0.1, 0.15) is 70.4 Å². The van der Waals surface area contributed by atoms with E-state index in [1.165, 1.54) is 38.3 Å². The number of esters is 1. The van der Waals surface area contributed by atoms with Crippen molar-refractivity contribution in [1.82, 2.24) is 0 Å². The SMILES string of the molecule is COc1ccc(C(=O)Oc2ccc(C(=O)O)c(O)c2C)cc1C12CC3CC(CC(C3)C1)C2. The topological polar surface area (TPSA) is 93.1 Å². The predicted octanol–water partition coefficient (Wildman–Crippen LogP) is 5.09. The number of hydrogen-bond acceptors (Lipinski definition) is 5. The normalized spacial score (nSPS) is 27.9. The predicted molar refractivity (Wildman–Crippen MR) is 118 cm³/mol. The van der Waals surface area contributed by atoms with Gasteiger partial charge in [0.1, 0.15) is 22.8 Å². The number of ether oxygens (including phenoxy) is 2. The monoisotopic (exact) mass is 436 g/mol. The quantitative estimate of drug-likeness (QED) is 0.501. The summed E-state index contributed by atoms with van der Waals surface area (Å²) in [6, 6.07) is 8.12. The van der Waals surface area contributed by atoms with Crippen molar-refractivity contribution >= 4 is 11.9 Å². The average molecular weight is 437 g/mol. The summed E-state index contributed by atoms with van der Waals surface area (Å²) in [6.07, 6.45) is 7.45. The molecule has 0 atom stereocenters. The van der Waals surface area contributed by atoms with Crippen LogP contribution in [-0.2, 0) is 5.41 Å². The second kappa shape index (κ2) is 7.54. The van der Waals surface area contributed by atoms with E-state index >= 15 is 0 Å². The van der Waals surface area contributed by atoms with E-state index in [1.807, 2.05) is 12.1 Å². The lowest BCUT2D eigenvalue weighted by molar-refractivity contribution is -0.00618. The van der Waals surface area contributed by atoms with Gasteiger partial charge in [0.05, 0.1) is 12.7 Å². The minimum Gasteiger partial charge on any atom is -0.507 e. The maximum Gasteiger partial charge on any atom is 0.343 e. The zero-order chi connectivity index (χ0) is 22.6. The Balaban J connectivity index is 1.46. The van der Waals surface area contributed by atoms with Crippen molar-refractivity contribution in [2.24, 2.45) is 17.8 Å². The minimum atomic E-state index is -1.24. The van der Waals surface area contributed by atoms with Crippen LogP contribution in [0.5, 0.6) is 17.2 Å². The number of benzene rings is 2. The van der Waals surface area contributed by atoms with Gasteiger partial charge in [-0.25, -0.2) is 9.59 Å². The Morgan fingerprint density at radius 1 is 0.969 bits per heavy atom. The number of rotatable bonds is 5. The number of carbonyl (C=O) groups is 2. The first kappa shape index (κ1) is 20.9. The number of carboxylic acids is 1. The molecule has 168 valence electrons. The van der Waals surface area contributed by atoms with Crippen molar-refractivity contribution in [3.8, 4) is 17.2 Å². The van der Waals surface area contributed by atoms with E-state index in [0.717, 1.165) is 48.3 Å².